The molecule has 1 atom stereocenters. The van der Waals surface area contributed by atoms with Gasteiger partial charge >= 0.3 is 11.8 Å². The Kier molecular flexibility index (Phi) is 9.04. The molecule has 0 aliphatic heterocycles. The van der Waals surface area contributed by atoms with E-state index in [4.69, 9.17) is 9.47 Å². The van der Waals surface area contributed by atoms with Crippen LogP contribution >= 0.6 is 0 Å². The average Bonchev–Trinajstić information content (AvgIpc) is 2.61. The van der Waals surface area contributed by atoms with Gasteiger partial charge in [0.1, 0.15) is 0 Å². The summed E-state index contributed by atoms with van der Waals surface area (Å²) in [4.78, 5) is 26.0. The van der Waals surface area contributed by atoms with E-state index in [9.17, 15) is 9.59 Å². The Bertz CT molecular complexity index is 508. The SMILES string of the molecule is CCc1ccc(C(C)NC(=O)C(=O)N(CCOC)CCOC)cc1. The monoisotopic (exact) mass is 336 g/mol. The van der Waals surface area contributed by atoms with E-state index in [0.717, 1.165) is 12.0 Å². The quantitative estimate of drug-likeness (QED) is 0.695. The third kappa shape index (κ3) is 6.29. The smallest absolute Gasteiger partial charge is 0.312 e. The summed E-state index contributed by atoms with van der Waals surface area (Å²) in [5.41, 5.74) is 2.20. The molecule has 0 heterocycles. The fraction of sp³-hybridized carbons (Fsp3) is 0.556. The average molecular weight is 336 g/mol. The molecule has 6 nitrogen and oxygen atoms in total. The van der Waals surface area contributed by atoms with Crippen molar-refractivity contribution in [3.8, 4) is 0 Å². The van der Waals surface area contributed by atoms with Gasteiger partial charge < -0.3 is 19.7 Å². The second-order valence-corrected chi connectivity index (χ2v) is 5.57. The van der Waals surface area contributed by atoms with E-state index in [1.807, 2.05) is 31.2 Å². The third-order valence-electron chi connectivity index (χ3n) is 3.85. The fourth-order valence-corrected chi connectivity index (χ4v) is 2.25. The maximum atomic E-state index is 12.3. The lowest BCUT2D eigenvalue weighted by Gasteiger charge is -2.22. The lowest BCUT2D eigenvalue weighted by atomic mass is 10.0. The molecule has 1 aromatic rings. The minimum Gasteiger partial charge on any atom is -0.383 e. The highest BCUT2D eigenvalue weighted by atomic mass is 16.5. The molecule has 0 radical (unpaired) electrons. The first kappa shape index (κ1) is 20.1. The molecule has 2 amide bonds. The van der Waals surface area contributed by atoms with Crippen LogP contribution in [-0.4, -0.2) is 57.2 Å². The normalized spacial score (nSPS) is 11.8. The van der Waals surface area contributed by atoms with Crippen molar-refractivity contribution in [2.45, 2.75) is 26.3 Å². The number of methoxy groups -OCH3 is 2. The van der Waals surface area contributed by atoms with Gasteiger partial charge in [-0.25, -0.2) is 0 Å². The van der Waals surface area contributed by atoms with Crippen molar-refractivity contribution in [2.75, 3.05) is 40.5 Å². The summed E-state index contributed by atoms with van der Waals surface area (Å²) < 4.78 is 9.98. The molecule has 0 spiro atoms. The van der Waals surface area contributed by atoms with Crippen molar-refractivity contribution in [3.63, 3.8) is 0 Å². The molecule has 0 aliphatic rings. The Hall–Kier alpha value is -1.92. The Morgan fingerprint density at radius 2 is 1.62 bits per heavy atom. The Balaban J connectivity index is 2.65. The van der Waals surface area contributed by atoms with Crippen molar-refractivity contribution in [1.29, 1.82) is 0 Å². The number of rotatable bonds is 9. The molecule has 24 heavy (non-hydrogen) atoms. The zero-order valence-electron chi connectivity index (χ0n) is 15.0. The first-order valence-electron chi connectivity index (χ1n) is 8.19. The highest BCUT2D eigenvalue weighted by Gasteiger charge is 2.23. The minimum atomic E-state index is -0.616. The second kappa shape index (κ2) is 10.8. The van der Waals surface area contributed by atoms with Crippen LogP contribution in [-0.2, 0) is 25.5 Å². The predicted octanol–water partition coefficient (Wildman–Crippen LogP) is 1.55. The molecule has 0 aromatic heterocycles. The van der Waals surface area contributed by atoms with Crippen molar-refractivity contribution in [2.24, 2.45) is 0 Å². The lowest BCUT2D eigenvalue weighted by Crippen LogP contribution is -2.46. The van der Waals surface area contributed by atoms with Crippen LogP contribution in [0.2, 0.25) is 0 Å². The zero-order valence-corrected chi connectivity index (χ0v) is 15.0. The van der Waals surface area contributed by atoms with E-state index < -0.39 is 11.8 Å². The van der Waals surface area contributed by atoms with E-state index in [0.29, 0.717) is 26.3 Å². The highest BCUT2D eigenvalue weighted by molar-refractivity contribution is 6.35. The van der Waals surface area contributed by atoms with Crippen LogP contribution in [0.4, 0.5) is 0 Å². The van der Waals surface area contributed by atoms with Crippen LogP contribution in [0.15, 0.2) is 24.3 Å². The van der Waals surface area contributed by atoms with E-state index in [-0.39, 0.29) is 6.04 Å². The van der Waals surface area contributed by atoms with E-state index in [2.05, 4.69) is 12.2 Å². The van der Waals surface area contributed by atoms with Gasteiger partial charge in [-0.05, 0) is 24.5 Å². The van der Waals surface area contributed by atoms with Gasteiger partial charge in [0, 0.05) is 27.3 Å². The topological polar surface area (TPSA) is 67.9 Å². The van der Waals surface area contributed by atoms with E-state index in [1.165, 1.54) is 10.5 Å². The molecule has 134 valence electrons. The Morgan fingerprint density at radius 3 is 2.08 bits per heavy atom. The molecule has 1 aromatic carbocycles. The van der Waals surface area contributed by atoms with E-state index >= 15 is 0 Å². The summed E-state index contributed by atoms with van der Waals surface area (Å²) in [6.07, 6.45) is 0.966. The number of nitrogens with one attached hydrogen (secondary N) is 1. The number of hydrogen-bond donors (Lipinski definition) is 1. The van der Waals surface area contributed by atoms with Crippen LogP contribution < -0.4 is 5.32 Å². The third-order valence-corrected chi connectivity index (χ3v) is 3.85. The van der Waals surface area contributed by atoms with Crippen molar-refractivity contribution < 1.29 is 19.1 Å². The number of carbonyl (C=O) groups excluding carboxylic acids is 2. The molecule has 0 saturated carbocycles. The number of aryl methyl sites for hydroxylation is 1. The summed E-state index contributed by atoms with van der Waals surface area (Å²) in [5, 5.41) is 2.75. The van der Waals surface area contributed by atoms with Gasteiger partial charge in [0.2, 0.25) is 0 Å². The molecular weight excluding hydrogens is 308 g/mol. The lowest BCUT2D eigenvalue weighted by molar-refractivity contribution is -0.147. The number of carbonyl (C=O) groups is 2. The van der Waals surface area contributed by atoms with Gasteiger partial charge in [-0.1, -0.05) is 31.2 Å². The maximum absolute atomic E-state index is 12.3. The van der Waals surface area contributed by atoms with Gasteiger partial charge in [0.25, 0.3) is 0 Å². The molecule has 6 heteroatoms. The van der Waals surface area contributed by atoms with Crippen LogP contribution in [0.1, 0.15) is 31.0 Å². The molecule has 0 aliphatic carbocycles. The van der Waals surface area contributed by atoms with Gasteiger partial charge in [0.05, 0.1) is 19.3 Å². The number of benzene rings is 1. The number of ether oxygens (including phenoxy) is 2. The summed E-state index contributed by atoms with van der Waals surface area (Å²) in [5.74, 6) is -1.18. The van der Waals surface area contributed by atoms with Crippen molar-refractivity contribution >= 4 is 11.8 Å². The van der Waals surface area contributed by atoms with Gasteiger partial charge in [0.15, 0.2) is 0 Å². The molecule has 0 bridgehead atoms. The first-order valence-corrected chi connectivity index (χ1v) is 8.19. The second-order valence-electron chi connectivity index (χ2n) is 5.57. The van der Waals surface area contributed by atoms with E-state index in [1.54, 1.807) is 14.2 Å². The first-order chi connectivity index (χ1) is 11.5. The van der Waals surface area contributed by atoms with Crippen molar-refractivity contribution in [3.05, 3.63) is 35.4 Å². The molecule has 0 fully saturated rings. The molecule has 1 rings (SSSR count). The molecule has 1 unspecified atom stereocenters. The molecule has 1 N–H and O–H groups in total. The van der Waals surface area contributed by atoms with Gasteiger partial charge in [-0.3, -0.25) is 9.59 Å². The Labute approximate surface area is 144 Å². The fourth-order valence-electron chi connectivity index (χ4n) is 2.25. The van der Waals surface area contributed by atoms with Crippen LogP contribution in [0.5, 0.6) is 0 Å². The summed E-state index contributed by atoms with van der Waals surface area (Å²) in [6.45, 7) is 5.40. The standard InChI is InChI=1S/C18H28N2O4/c1-5-15-6-8-16(9-7-15)14(2)19-17(21)18(22)20(10-12-23-3)11-13-24-4/h6-9,14H,5,10-13H2,1-4H3,(H,19,21). The summed E-state index contributed by atoms with van der Waals surface area (Å²) in [7, 11) is 3.11. The summed E-state index contributed by atoms with van der Waals surface area (Å²) in [6, 6.07) is 7.77. The zero-order chi connectivity index (χ0) is 17.9. The van der Waals surface area contributed by atoms with Crippen molar-refractivity contribution in [1.82, 2.24) is 10.2 Å². The van der Waals surface area contributed by atoms with Gasteiger partial charge in [-0.2, -0.15) is 0 Å². The highest BCUT2D eigenvalue weighted by Crippen LogP contribution is 2.13. The molecule has 0 saturated heterocycles. The number of hydrogen-bond acceptors (Lipinski definition) is 4. The number of amides is 2. The van der Waals surface area contributed by atoms with Crippen LogP contribution in [0.25, 0.3) is 0 Å². The maximum Gasteiger partial charge on any atom is 0.312 e. The predicted molar refractivity (Wildman–Crippen MR) is 92.7 cm³/mol. The van der Waals surface area contributed by atoms with Crippen LogP contribution in [0, 0.1) is 0 Å². The number of nitrogens with zero attached hydrogens (tertiary/aromatic N) is 1. The summed E-state index contributed by atoms with van der Waals surface area (Å²) >= 11 is 0. The minimum absolute atomic E-state index is 0.237. The largest absolute Gasteiger partial charge is 0.383 e. The Morgan fingerprint density at radius 1 is 1.08 bits per heavy atom. The van der Waals surface area contributed by atoms with Crippen LogP contribution in [0.3, 0.4) is 0 Å². The van der Waals surface area contributed by atoms with Gasteiger partial charge in [-0.15, -0.1) is 0 Å². The molecular formula is C18H28N2O4.